The van der Waals surface area contributed by atoms with Crippen LogP contribution in [0.2, 0.25) is 0 Å². The summed E-state index contributed by atoms with van der Waals surface area (Å²) in [5.41, 5.74) is 0. The van der Waals surface area contributed by atoms with E-state index in [0.717, 1.165) is 0 Å². The van der Waals surface area contributed by atoms with Crippen molar-refractivity contribution in [3.8, 4) is 0 Å². The second kappa shape index (κ2) is 7.10. The van der Waals surface area contributed by atoms with Gasteiger partial charge in [0.25, 0.3) is 0 Å². The van der Waals surface area contributed by atoms with Crippen molar-refractivity contribution in [3.63, 3.8) is 0 Å². The third-order valence-electron chi connectivity index (χ3n) is 2.85. The van der Waals surface area contributed by atoms with Crippen molar-refractivity contribution < 1.29 is 19.1 Å². The predicted octanol–water partition coefficient (Wildman–Crippen LogP) is -0.281. The van der Waals surface area contributed by atoms with E-state index in [4.69, 9.17) is 4.74 Å². The minimum atomic E-state index is -0.503. The van der Waals surface area contributed by atoms with E-state index in [9.17, 15) is 14.4 Å². The molecule has 1 aliphatic heterocycles. The molecule has 18 heavy (non-hydrogen) atoms. The smallest absolute Gasteiger partial charge is 0.313 e. The van der Waals surface area contributed by atoms with E-state index >= 15 is 0 Å². The Kier molecular flexibility index (Phi) is 5.77. The molecule has 0 radical (unpaired) electrons. The summed E-state index contributed by atoms with van der Waals surface area (Å²) in [6.45, 7) is 5.18. The van der Waals surface area contributed by atoms with Crippen LogP contribution in [0.3, 0.4) is 0 Å². The first kappa shape index (κ1) is 14.6. The van der Waals surface area contributed by atoms with E-state index < -0.39 is 5.97 Å². The van der Waals surface area contributed by atoms with Crippen molar-refractivity contribution in [2.24, 2.45) is 0 Å². The lowest BCUT2D eigenvalue weighted by Crippen LogP contribution is -2.56. The topological polar surface area (TPSA) is 75.7 Å². The van der Waals surface area contributed by atoms with Crippen LogP contribution in [0.1, 0.15) is 26.7 Å². The zero-order chi connectivity index (χ0) is 13.5. The monoisotopic (exact) mass is 256 g/mol. The Hall–Kier alpha value is -1.43. The van der Waals surface area contributed by atoms with Gasteiger partial charge >= 0.3 is 5.97 Å². The lowest BCUT2D eigenvalue weighted by atomic mass is 10.1. The summed E-state index contributed by atoms with van der Waals surface area (Å²) in [7, 11) is 0. The lowest BCUT2D eigenvalue weighted by molar-refractivity contribution is -0.145. The van der Waals surface area contributed by atoms with Gasteiger partial charge in [-0.25, -0.2) is 0 Å². The molecule has 1 aliphatic rings. The van der Waals surface area contributed by atoms with Gasteiger partial charge in [0.1, 0.15) is 6.42 Å². The van der Waals surface area contributed by atoms with Crippen molar-refractivity contribution in [3.05, 3.63) is 0 Å². The van der Waals surface area contributed by atoms with Crippen LogP contribution in [0.4, 0.5) is 0 Å². The van der Waals surface area contributed by atoms with Gasteiger partial charge in [-0.2, -0.15) is 0 Å². The summed E-state index contributed by atoms with van der Waals surface area (Å²) in [6.07, 6.45) is 0.431. The summed E-state index contributed by atoms with van der Waals surface area (Å²) in [4.78, 5) is 36.3. The Morgan fingerprint density at radius 1 is 1.44 bits per heavy atom. The molecule has 1 unspecified atom stereocenters. The molecule has 0 bridgehead atoms. The fraction of sp³-hybridized carbons (Fsp3) is 0.750. The average molecular weight is 256 g/mol. The third kappa shape index (κ3) is 4.10. The number of nitrogens with zero attached hydrogens (tertiary/aromatic N) is 1. The van der Waals surface area contributed by atoms with E-state index in [1.54, 1.807) is 6.92 Å². The molecule has 1 atom stereocenters. The van der Waals surface area contributed by atoms with Gasteiger partial charge in [0.15, 0.2) is 5.78 Å². The van der Waals surface area contributed by atoms with Gasteiger partial charge in [0, 0.05) is 13.1 Å². The zero-order valence-electron chi connectivity index (χ0n) is 10.9. The average Bonchev–Trinajstić information content (AvgIpc) is 2.29. The highest BCUT2D eigenvalue weighted by molar-refractivity contribution is 5.97. The number of piperazine rings is 1. The number of hydrogen-bond donors (Lipinski definition) is 1. The van der Waals surface area contributed by atoms with Crippen LogP contribution in [-0.4, -0.2) is 54.8 Å². The minimum absolute atomic E-state index is 0.0484. The van der Waals surface area contributed by atoms with Gasteiger partial charge < -0.3 is 10.1 Å². The Balaban J connectivity index is 2.47. The number of nitrogens with one attached hydrogen (secondary N) is 1. The molecule has 0 saturated carbocycles. The highest BCUT2D eigenvalue weighted by atomic mass is 16.5. The first-order chi connectivity index (χ1) is 8.58. The number of Topliss-reactive ketones (excluding diaryl/α,β-unsaturated/α-hetero) is 1. The van der Waals surface area contributed by atoms with E-state index in [0.29, 0.717) is 19.5 Å². The summed E-state index contributed by atoms with van der Waals surface area (Å²) in [5.74, 6) is -0.758. The number of carbonyl (C=O) groups is 3. The molecule has 1 amide bonds. The van der Waals surface area contributed by atoms with Crippen molar-refractivity contribution in [2.75, 3.05) is 26.2 Å². The van der Waals surface area contributed by atoms with Crippen molar-refractivity contribution in [1.82, 2.24) is 10.2 Å². The van der Waals surface area contributed by atoms with E-state index in [2.05, 4.69) is 5.32 Å². The maximum atomic E-state index is 11.7. The molecule has 1 saturated heterocycles. The van der Waals surface area contributed by atoms with Gasteiger partial charge in [0.05, 0.1) is 19.2 Å². The number of ketones is 1. The number of hydrogen-bond acceptors (Lipinski definition) is 5. The highest BCUT2D eigenvalue weighted by Crippen LogP contribution is 2.08. The van der Waals surface area contributed by atoms with Crippen LogP contribution >= 0.6 is 0 Å². The summed E-state index contributed by atoms with van der Waals surface area (Å²) in [6, 6.07) is -0.273. The first-order valence-electron chi connectivity index (χ1n) is 6.27. The fourth-order valence-electron chi connectivity index (χ4n) is 2.05. The number of amides is 1. The molecule has 6 heteroatoms. The molecule has 6 nitrogen and oxygen atoms in total. The molecule has 0 aromatic rings. The molecule has 0 aromatic carbocycles. The second-order valence-electron chi connectivity index (χ2n) is 4.21. The van der Waals surface area contributed by atoms with E-state index in [-0.39, 0.29) is 37.3 Å². The molecule has 1 N–H and O–H groups in total. The number of ether oxygens (including phenoxy) is 1. The maximum Gasteiger partial charge on any atom is 0.313 e. The molecular weight excluding hydrogens is 236 g/mol. The third-order valence-corrected chi connectivity index (χ3v) is 2.85. The Morgan fingerprint density at radius 3 is 2.78 bits per heavy atom. The van der Waals surface area contributed by atoms with Gasteiger partial charge in [0.2, 0.25) is 5.91 Å². The lowest BCUT2D eigenvalue weighted by Gasteiger charge is -2.33. The summed E-state index contributed by atoms with van der Waals surface area (Å²) < 4.78 is 4.72. The van der Waals surface area contributed by atoms with Gasteiger partial charge in [-0.3, -0.25) is 19.3 Å². The van der Waals surface area contributed by atoms with Crippen LogP contribution in [0.25, 0.3) is 0 Å². The largest absolute Gasteiger partial charge is 0.466 e. The SMILES string of the molecule is CCOC(=O)CC(=O)CN1CCNC(=O)C1CC. The molecule has 102 valence electrons. The molecular formula is C12H20N2O4. The standard InChI is InChI=1S/C12H20N2O4/c1-3-10-12(17)13-5-6-14(10)8-9(15)7-11(16)18-4-2/h10H,3-8H2,1-2H3,(H,13,17). The van der Waals surface area contributed by atoms with Crippen molar-refractivity contribution in [2.45, 2.75) is 32.7 Å². The molecule has 1 rings (SSSR count). The molecule has 0 aromatic heterocycles. The van der Waals surface area contributed by atoms with Crippen LogP contribution in [0, 0.1) is 0 Å². The Morgan fingerprint density at radius 2 is 2.17 bits per heavy atom. The number of esters is 1. The number of rotatable bonds is 6. The second-order valence-corrected chi connectivity index (χ2v) is 4.21. The minimum Gasteiger partial charge on any atom is -0.466 e. The fourth-order valence-corrected chi connectivity index (χ4v) is 2.05. The normalized spacial score (nSPS) is 20.3. The maximum absolute atomic E-state index is 11.7. The van der Waals surface area contributed by atoms with Crippen LogP contribution in [0.15, 0.2) is 0 Å². The van der Waals surface area contributed by atoms with Crippen LogP contribution in [0.5, 0.6) is 0 Å². The Bertz CT molecular complexity index is 330. The van der Waals surface area contributed by atoms with Crippen LogP contribution in [-0.2, 0) is 19.1 Å². The summed E-state index contributed by atoms with van der Waals surface area (Å²) in [5, 5.41) is 2.76. The first-order valence-corrected chi connectivity index (χ1v) is 6.27. The van der Waals surface area contributed by atoms with E-state index in [1.807, 2.05) is 11.8 Å². The van der Waals surface area contributed by atoms with Crippen molar-refractivity contribution >= 4 is 17.7 Å². The Labute approximate surface area is 107 Å². The van der Waals surface area contributed by atoms with Gasteiger partial charge in [-0.05, 0) is 13.3 Å². The van der Waals surface area contributed by atoms with E-state index in [1.165, 1.54) is 0 Å². The molecule has 0 spiro atoms. The van der Waals surface area contributed by atoms with Crippen molar-refractivity contribution in [1.29, 1.82) is 0 Å². The van der Waals surface area contributed by atoms with Gasteiger partial charge in [-0.15, -0.1) is 0 Å². The van der Waals surface area contributed by atoms with Crippen LogP contribution < -0.4 is 5.32 Å². The zero-order valence-corrected chi connectivity index (χ0v) is 10.9. The molecule has 0 aliphatic carbocycles. The molecule has 1 heterocycles. The molecule has 1 fully saturated rings. The quantitative estimate of drug-likeness (QED) is 0.522. The predicted molar refractivity (Wildman–Crippen MR) is 64.9 cm³/mol. The number of carbonyl (C=O) groups excluding carboxylic acids is 3. The summed E-state index contributed by atoms with van der Waals surface area (Å²) >= 11 is 0. The highest BCUT2D eigenvalue weighted by Gasteiger charge is 2.29. The van der Waals surface area contributed by atoms with Gasteiger partial charge in [-0.1, -0.05) is 6.92 Å².